The number of aromatic nitrogens is 2. The van der Waals surface area contributed by atoms with Gasteiger partial charge in [-0.05, 0) is 19.3 Å². The number of carbonyl (C=O) groups is 2. The van der Waals surface area contributed by atoms with E-state index in [2.05, 4.69) is 15.6 Å². The number of hydrogen-bond donors (Lipinski definition) is 2. The SMILES string of the molecule is N#CC(CC1CCNC1=O)NC(=O)C1CCc2nccc(=O)n21. The summed E-state index contributed by atoms with van der Waals surface area (Å²) in [5.74, 6) is -0.114. The lowest BCUT2D eigenvalue weighted by Gasteiger charge is -2.18. The Morgan fingerprint density at radius 3 is 3.04 bits per heavy atom. The fraction of sp³-hybridized carbons (Fsp3) is 0.533. The average Bonchev–Trinajstić information content (AvgIpc) is 3.14. The first-order valence-corrected chi connectivity index (χ1v) is 7.64. The molecule has 2 aliphatic rings. The van der Waals surface area contributed by atoms with Crippen molar-refractivity contribution in [1.29, 1.82) is 5.26 Å². The van der Waals surface area contributed by atoms with E-state index in [-0.39, 0.29) is 29.7 Å². The molecule has 1 saturated heterocycles. The van der Waals surface area contributed by atoms with Gasteiger partial charge in [-0.3, -0.25) is 19.0 Å². The Bertz CT molecular complexity index is 735. The maximum absolute atomic E-state index is 12.4. The zero-order valence-electron chi connectivity index (χ0n) is 12.5. The highest BCUT2D eigenvalue weighted by molar-refractivity contribution is 5.82. The number of nitriles is 1. The minimum absolute atomic E-state index is 0.0777. The standard InChI is InChI=1S/C15H17N5O3/c16-8-10(7-9-3-5-18-14(9)22)19-15(23)11-1-2-12-17-6-4-13(21)20(11)12/h4,6,9-11H,1-3,5,7H2,(H,18,22)(H,19,23). The van der Waals surface area contributed by atoms with Crippen molar-refractivity contribution in [2.45, 2.75) is 37.8 Å². The van der Waals surface area contributed by atoms with E-state index >= 15 is 0 Å². The number of amides is 2. The van der Waals surface area contributed by atoms with Crippen molar-refractivity contribution in [3.63, 3.8) is 0 Å². The van der Waals surface area contributed by atoms with Crippen LogP contribution in [0.3, 0.4) is 0 Å². The molecule has 8 nitrogen and oxygen atoms in total. The molecule has 3 unspecified atom stereocenters. The summed E-state index contributed by atoms with van der Waals surface area (Å²) in [4.78, 5) is 40.1. The summed E-state index contributed by atoms with van der Waals surface area (Å²) in [6, 6.07) is 1.96. The lowest BCUT2D eigenvalue weighted by Crippen LogP contribution is -2.41. The van der Waals surface area contributed by atoms with Crippen molar-refractivity contribution >= 4 is 11.8 Å². The van der Waals surface area contributed by atoms with Gasteiger partial charge in [-0.15, -0.1) is 0 Å². The molecule has 2 amide bonds. The van der Waals surface area contributed by atoms with E-state index in [1.165, 1.54) is 16.8 Å². The molecule has 3 atom stereocenters. The number of rotatable bonds is 4. The molecule has 2 N–H and O–H groups in total. The Balaban J connectivity index is 1.69. The lowest BCUT2D eigenvalue weighted by atomic mass is 9.99. The summed E-state index contributed by atoms with van der Waals surface area (Å²) >= 11 is 0. The van der Waals surface area contributed by atoms with Crippen LogP contribution in [-0.4, -0.2) is 34.0 Å². The van der Waals surface area contributed by atoms with E-state index in [1.54, 1.807) is 0 Å². The monoisotopic (exact) mass is 315 g/mol. The second kappa shape index (κ2) is 6.20. The molecule has 0 aromatic carbocycles. The molecule has 3 rings (SSSR count). The van der Waals surface area contributed by atoms with Gasteiger partial charge >= 0.3 is 0 Å². The van der Waals surface area contributed by atoms with Gasteiger partial charge in [0.1, 0.15) is 17.9 Å². The Labute approximate surface area is 132 Å². The van der Waals surface area contributed by atoms with Crippen molar-refractivity contribution in [3.05, 3.63) is 28.4 Å². The average molecular weight is 315 g/mol. The minimum atomic E-state index is -0.743. The van der Waals surface area contributed by atoms with Gasteiger partial charge in [0.2, 0.25) is 11.8 Å². The molecule has 8 heteroatoms. The zero-order chi connectivity index (χ0) is 16.4. The molecule has 1 fully saturated rings. The summed E-state index contributed by atoms with van der Waals surface area (Å²) in [5.41, 5.74) is -0.267. The van der Waals surface area contributed by atoms with Crippen LogP contribution in [-0.2, 0) is 16.0 Å². The summed E-state index contributed by atoms with van der Waals surface area (Å²) in [5, 5.41) is 14.6. The predicted molar refractivity (Wildman–Crippen MR) is 79.1 cm³/mol. The smallest absolute Gasteiger partial charge is 0.254 e. The molecule has 0 aliphatic carbocycles. The Morgan fingerprint density at radius 2 is 2.35 bits per heavy atom. The van der Waals surface area contributed by atoms with Crippen LogP contribution in [0.15, 0.2) is 17.1 Å². The highest BCUT2D eigenvalue weighted by Gasteiger charge is 2.33. The van der Waals surface area contributed by atoms with Crippen LogP contribution >= 0.6 is 0 Å². The van der Waals surface area contributed by atoms with Crippen LogP contribution in [0.2, 0.25) is 0 Å². The Morgan fingerprint density at radius 1 is 1.52 bits per heavy atom. The quantitative estimate of drug-likeness (QED) is 0.759. The van der Waals surface area contributed by atoms with Crippen LogP contribution in [0.4, 0.5) is 0 Å². The van der Waals surface area contributed by atoms with Crippen LogP contribution in [0.25, 0.3) is 0 Å². The van der Waals surface area contributed by atoms with Gasteiger partial charge in [-0.25, -0.2) is 4.98 Å². The van der Waals surface area contributed by atoms with E-state index in [0.29, 0.717) is 31.6 Å². The van der Waals surface area contributed by atoms with Gasteiger partial charge in [-0.1, -0.05) is 0 Å². The fourth-order valence-electron chi connectivity index (χ4n) is 3.18. The molecular formula is C15H17N5O3. The molecule has 2 aliphatic heterocycles. The highest BCUT2D eigenvalue weighted by atomic mass is 16.2. The first-order chi connectivity index (χ1) is 11.1. The van der Waals surface area contributed by atoms with Gasteiger partial charge in [0, 0.05) is 31.1 Å². The van der Waals surface area contributed by atoms with Gasteiger partial charge < -0.3 is 10.6 Å². The number of aryl methyl sites for hydroxylation is 1. The van der Waals surface area contributed by atoms with Crippen molar-refractivity contribution in [1.82, 2.24) is 20.2 Å². The molecule has 120 valence electrons. The highest BCUT2D eigenvalue weighted by Crippen LogP contribution is 2.22. The molecule has 0 radical (unpaired) electrons. The topological polar surface area (TPSA) is 117 Å². The molecule has 23 heavy (non-hydrogen) atoms. The van der Waals surface area contributed by atoms with Crippen molar-refractivity contribution in [2.24, 2.45) is 5.92 Å². The fourth-order valence-corrected chi connectivity index (χ4v) is 3.18. The second-order valence-corrected chi connectivity index (χ2v) is 5.83. The van der Waals surface area contributed by atoms with E-state index < -0.39 is 12.1 Å². The maximum Gasteiger partial charge on any atom is 0.254 e. The second-order valence-electron chi connectivity index (χ2n) is 5.83. The first-order valence-electron chi connectivity index (χ1n) is 7.64. The predicted octanol–water partition coefficient (Wildman–Crippen LogP) is -0.735. The summed E-state index contributed by atoms with van der Waals surface area (Å²) in [6.07, 6.45) is 3.43. The largest absolute Gasteiger partial charge is 0.356 e. The molecule has 0 spiro atoms. The molecule has 0 bridgehead atoms. The number of nitrogens with zero attached hydrogens (tertiary/aromatic N) is 3. The number of nitrogens with one attached hydrogen (secondary N) is 2. The molecule has 1 aromatic heterocycles. The van der Waals surface area contributed by atoms with Crippen LogP contribution in [0, 0.1) is 17.2 Å². The van der Waals surface area contributed by atoms with Gasteiger partial charge in [-0.2, -0.15) is 5.26 Å². The zero-order valence-corrected chi connectivity index (χ0v) is 12.5. The molecular weight excluding hydrogens is 298 g/mol. The molecule has 1 aromatic rings. The molecule has 3 heterocycles. The van der Waals surface area contributed by atoms with Crippen molar-refractivity contribution in [3.8, 4) is 6.07 Å². The van der Waals surface area contributed by atoms with Crippen LogP contribution in [0.5, 0.6) is 0 Å². The maximum atomic E-state index is 12.4. The van der Waals surface area contributed by atoms with E-state index in [9.17, 15) is 19.6 Å². The number of fused-ring (bicyclic) bond motifs is 1. The summed E-state index contributed by atoms with van der Waals surface area (Å²) < 4.78 is 1.38. The lowest BCUT2D eigenvalue weighted by molar-refractivity contribution is -0.126. The number of carbonyl (C=O) groups excluding carboxylic acids is 2. The van der Waals surface area contributed by atoms with E-state index in [0.717, 1.165) is 0 Å². The molecule has 0 saturated carbocycles. The Kier molecular flexibility index (Phi) is 4.10. The van der Waals surface area contributed by atoms with Crippen molar-refractivity contribution in [2.75, 3.05) is 6.54 Å². The van der Waals surface area contributed by atoms with Crippen LogP contribution < -0.4 is 16.2 Å². The van der Waals surface area contributed by atoms with E-state index in [1.807, 2.05) is 6.07 Å². The minimum Gasteiger partial charge on any atom is -0.356 e. The van der Waals surface area contributed by atoms with Crippen LogP contribution in [0.1, 0.15) is 31.1 Å². The number of hydrogen-bond acceptors (Lipinski definition) is 5. The normalized spacial score (nSPS) is 23.7. The van der Waals surface area contributed by atoms with E-state index in [4.69, 9.17) is 0 Å². The van der Waals surface area contributed by atoms with Gasteiger partial charge in [0.05, 0.1) is 6.07 Å². The summed E-state index contributed by atoms with van der Waals surface area (Å²) in [7, 11) is 0. The Hall–Kier alpha value is -2.69. The third kappa shape index (κ3) is 2.95. The first kappa shape index (κ1) is 15.2. The van der Waals surface area contributed by atoms with Gasteiger partial charge in [0.25, 0.3) is 5.56 Å². The third-order valence-electron chi connectivity index (χ3n) is 4.37. The van der Waals surface area contributed by atoms with Crippen molar-refractivity contribution < 1.29 is 9.59 Å². The third-order valence-corrected chi connectivity index (χ3v) is 4.37. The summed E-state index contributed by atoms with van der Waals surface area (Å²) in [6.45, 7) is 0.604. The van der Waals surface area contributed by atoms with Gasteiger partial charge in [0.15, 0.2) is 0 Å².